The summed E-state index contributed by atoms with van der Waals surface area (Å²) in [6.45, 7) is 7.24. The lowest BCUT2D eigenvalue weighted by Gasteiger charge is -2.33. The fourth-order valence-corrected chi connectivity index (χ4v) is 4.31. The summed E-state index contributed by atoms with van der Waals surface area (Å²) in [5.74, 6) is 2.54. The Balaban J connectivity index is 1.49. The molecule has 0 aromatic heterocycles. The van der Waals surface area contributed by atoms with Crippen LogP contribution in [-0.2, 0) is 6.54 Å². The molecule has 7 heteroatoms. The number of likely N-dealkylation sites (tertiary alicyclic amines) is 1. The van der Waals surface area contributed by atoms with Gasteiger partial charge in [-0.2, -0.15) is 0 Å². The lowest BCUT2D eigenvalue weighted by Crippen LogP contribution is -2.45. The van der Waals surface area contributed by atoms with E-state index in [1.165, 1.54) is 5.56 Å². The molecule has 32 heavy (non-hydrogen) atoms. The van der Waals surface area contributed by atoms with Crippen LogP contribution in [0.4, 0.5) is 5.69 Å². The first-order valence-electron chi connectivity index (χ1n) is 11.1. The lowest BCUT2D eigenvalue weighted by molar-refractivity contribution is 0.198. The Morgan fingerprint density at radius 1 is 1.00 bits per heavy atom. The highest BCUT2D eigenvalue weighted by molar-refractivity contribution is 7.80. The first-order chi connectivity index (χ1) is 15.4. The minimum absolute atomic E-state index is 0.376. The zero-order valence-electron chi connectivity index (χ0n) is 19.7. The van der Waals surface area contributed by atoms with Crippen molar-refractivity contribution in [3.63, 3.8) is 0 Å². The van der Waals surface area contributed by atoms with Crippen molar-refractivity contribution in [1.29, 1.82) is 0 Å². The second kappa shape index (κ2) is 11.4. The van der Waals surface area contributed by atoms with Crippen LogP contribution in [0, 0.1) is 0 Å². The maximum atomic E-state index is 5.54. The maximum Gasteiger partial charge on any atom is 0.203 e. The zero-order valence-corrected chi connectivity index (χ0v) is 20.6. The van der Waals surface area contributed by atoms with Gasteiger partial charge in [-0.3, -0.25) is 4.90 Å². The van der Waals surface area contributed by atoms with Crippen LogP contribution >= 0.6 is 12.2 Å². The minimum atomic E-state index is 0.376. The molecule has 0 spiro atoms. The number of thiocarbonyl (C=S) groups is 1. The molecule has 2 N–H and O–H groups in total. The molecule has 2 aromatic rings. The highest BCUT2D eigenvalue weighted by Gasteiger charge is 2.21. The molecule has 1 fully saturated rings. The van der Waals surface area contributed by atoms with Crippen molar-refractivity contribution < 1.29 is 14.2 Å². The topological polar surface area (TPSA) is 55.0 Å². The van der Waals surface area contributed by atoms with E-state index in [1.807, 2.05) is 12.1 Å². The number of anilines is 1. The Morgan fingerprint density at radius 3 is 2.09 bits per heavy atom. The van der Waals surface area contributed by atoms with Gasteiger partial charge in [0.25, 0.3) is 0 Å². The van der Waals surface area contributed by atoms with Gasteiger partial charge in [-0.05, 0) is 66.4 Å². The molecule has 1 heterocycles. The molecule has 0 aliphatic carbocycles. The number of ether oxygens (including phenoxy) is 3. The number of hydrogen-bond acceptors (Lipinski definition) is 5. The van der Waals surface area contributed by atoms with Crippen molar-refractivity contribution in [3.05, 3.63) is 47.5 Å². The second-order valence-electron chi connectivity index (χ2n) is 8.46. The third-order valence-corrected chi connectivity index (χ3v) is 6.11. The Kier molecular flexibility index (Phi) is 8.59. The highest BCUT2D eigenvalue weighted by Crippen LogP contribution is 2.38. The second-order valence-corrected chi connectivity index (χ2v) is 8.87. The number of benzene rings is 2. The van der Waals surface area contributed by atoms with Gasteiger partial charge >= 0.3 is 0 Å². The van der Waals surface area contributed by atoms with E-state index in [4.69, 9.17) is 26.4 Å². The van der Waals surface area contributed by atoms with E-state index in [0.717, 1.165) is 43.7 Å². The van der Waals surface area contributed by atoms with Gasteiger partial charge < -0.3 is 24.8 Å². The summed E-state index contributed by atoms with van der Waals surface area (Å²) in [5.41, 5.74) is 3.49. The Bertz CT molecular complexity index is 869. The van der Waals surface area contributed by atoms with Crippen molar-refractivity contribution in [3.8, 4) is 17.2 Å². The SMILES string of the molecule is COc1cc(CN2CCC(NC(=S)Nc3ccc(C(C)C)cc3)CC2)cc(OC)c1OC. The maximum absolute atomic E-state index is 5.54. The van der Waals surface area contributed by atoms with Crippen LogP contribution in [-0.4, -0.2) is 50.5 Å². The molecule has 0 atom stereocenters. The molecule has 0 radical (unpaired) electrons. The van der Waals surface area contributed by atoms with E-state index in [-0.39, 0.29) is 0 Å². The Labute approximate surface area is 197 Å². The molecule has 0 amide bonds. The summed E-state index contributed by atoms with van der Waals surface area (Å²) in [7, 11) is 4.92. The van der Waals surface area contributed by atoms with Gasteiger partial charge in [0, 0.05) is 31.4 Å². The summed E-state index contributed by atoms with van der Waals surface area (Å²) >= 11 is 5.54. The normalized spacial score (nSPS) is 14.8. The molecular weight excluding hydrogens is 422 g/mol. The average Bonchev–Trinajstić information content (AvgIpc) is 2.80. The van der Waals surface area contributed by atoms with E-state index in [0.29, 0.717) is 34.3 Å². The standard InChI is InChI=1S/C25H35N3O3S/c1-17(2)19-6-8-20(9-7-19)26-25(32)27-21-10-12-28(13-11-21)16-18-14-22(29-3)24(31-5)23(15-18)30-4/h6-9,14-15,17,21H,10-13,16H2,1-5H3,(H2,26,27,32). The van der Waals surface area contributed by atoms with Gasteiger partial charge in [-0.1, -0.05) is 26.0 Å². The van der Waals surface area contributed by atoms with E-state index < -0.39 is 0 Å². The van der Waals surface area contributed by atoms with Crippen molar-refractivity contribution >= 4 is 23.0 Å². The van der Waals surface area contributed by atoms with E-state index in [1.54, 1.807) is 21.3 Å². The van der Waals surface area contributed by atoms with Crippen LogP contribution in [0.3, 0.4) is 0 Å². The molecule has 2 aromatic carbocycles. The average molecular weight is 458 g/mol. The van der Waals surface area contributed by atoms with Crippen molar-refractivity contribution in [2.75, 3.05) is 39.7 Å². The first-order valence-corrected chi connectivity index (χ1v) is 11.5. The smallest absolute Gasteiger partial charge is 0.203 e. The number of nitrogens with one attached hydrogen (secondary N) is 2. The quantitative estimate of drug-likeness (QED) is 0.553. The fraction of sp³-hybridized carbons (Fsp3) is 0.480. The first kappa shape index (κ1) is 24.1. The fourth-order valence-electron chi connectivity index (χ4n) is 4.02. The van der Waals surface area contributed by atoms with Crippen LogP contribution < -0.4 is 24.8 Å². The molecule has 1 saturated heterocycles. The Hall–Kier alpha value is -2.51. The number of nitrogens with zero attached hydrogens (tertiary/aromatic N) is 1. The van der Waals surface area contributed by atoms with Gasteiger partial charge in [-0.25, -0.2) is 0 Å². The molecule has 0 bridgehead atoms. The summed E-state index contributed by atoms with van der Waals surface area (Å²) < 4.78 is 16.4. The highest BCUT2D eigenvalue weighted by atomic mass is 32.1. The van der Waals surface area contributed by atoms with Crippen LogP contribution in [0.25, 0.3) is 0 Å². The van der Waals surface area contributed by atoms with Gasteiger partial charge in [0.15, 0.2) is 16.6 Å². The summed E-state index contributed by atoms with van der Waals surface area (Å²) in [5, 5.41) is 7.47. The van der Waals surface area contributed by atoms with Crippen LogP contribution in [0.5, 0.6) is 17.2 Å². The number of piperidine rings is 1. The van der Waals surface area contributed by atoms with Gasteiger partial charge in [0.2, 0.25) is 5.75 Å². The number of rotatable bonds is 8. The molecule has 1 aliphatic heterocycles. The van der Waals surface area contributed by atoms with E-state index >= 15 is 0 Å². The largest absolute Gasteiger partial charge is 0.493 e. The van der Waals surface area contributed by atoms with E-state index in [9.17, 15) is 0 Å². The molecule has 0 unspecified atom stereocenters. The Morgan fingerprint density at radius 2 is 1.59 bits per heavy atom. The molecule has 174 valence electrons. The third kappa shape index (κ3) is 6.26. The summed E-state index contributed by atoms with van der Waals surface area (Å²) in [6.07, 6.45) is 2.08. The third-order valence-electron chi connectivity index (χ3n) is 5.89. The zero-order chi connectivity index (χ0) is 23.1. The van der Waals surface area contributed by atoms with Gasteiger partial charge in [0.1, 0.15) is 0 Å². The predicted octanol–water partition coefficient (Wildman–Crippen LogP) is 4.79. The summed E-state index contributed by atoms with van der Waals surface area (Å²) in [6, 6.07) is 12.9. The van der Waals surface area contributed by atoms with Crippen LogP contribution in [0.15, 0.2) is 36.4 Å². The number of methoxy groups -OCH3 is 3. The molecule has 6 nitrogen and oxygen atoms in total. The molecular formula is C25H35N3O3S. The van der Waals surface area contributed by atoms with Gasteiger partial charge in [0.05, 0.1) is 21.3 Å². The van der Waals surface area contributed by atoms with Crippen LogP contribution in [0.2, 0.25) is 0 Å². The van der Waals surface area contributed by atoms with E-state index in [2.05, 4.69) is 53.6 Å². The van der Waals surface area contributed by atoms with Crippen molar-refractivity contribution in [2.24, 2.45) is 0 Å². The molecule has 0 saturated carbocycles. The van der Waals surface area contributed by atoms with Gasteiger partial charge in [-0.15, -0.1) is 0 Å². The minimum Gasteiger partial charge on any atom is -0.493 e. The lowest BCUT2D eigenvalue weighted by atomic mass is 10.0. The molecule has 3 rings (SSSR count). The molecule has 1 aliphatic rings. The monoisotopic (exact) mass is 457 g/mol. The van der Waals surface area contributed by atoms with Crippen molar-refractivity contribution in [2.45, 2.75) is 45.2 Å². The summed E-state index contributed by atoms with van der Waals surface area (Å²) in [4.78, 5) is 2.44. The predicted molar refractivity (Wildman–Crippen MR) is 134 cm³/mol. The van der Waals surface area contributed by atoms with Crippen molar-refractivity contribution in [1.82, 2.24) is 10.2 Å². The van der Waals surface area contributed by atoms with Crippen LogP contribution in [0.1, 0.15) is 43.7 Å². The number of hydrogen-bond donors (Lipinski definition) is 2.